The minimum absolute atomic E-state index is 0.235. The van der Waals surface area contributed by atoms with Gasteiger partial charge in [-0.1, -0.05) is 24.0 Å². The van der Waals surface area contributed by atoms with Crippen LogP contribution in [-0.4, -0.2) is 55.1 Å². The number of hydrogen-bond donors (Lipinski definition) is 0. The molecule has 7 nitrogen and oxygen atoms in total. The van der Waals surface area contributed by atoms with Gasteiger partial charge < -0.3 is 18.9 Å². The van der Waals surface area contributed by atoms with E-state index in [1.54, 1.807) is 32.1 Å². The lowest BCUT2D eigenvalue weighted by atomic mass is 10.1. The van der Waals surface area contributed by atoms with Crippen LogP contribution >= 0.6 is 24.0 Å². The molecule has 1 atom stereocenters. The lowest BCUT2D eigenvalue weighted by molar-refractivity contribution is -0.149. The first-order valence-corrected chi connectivity index (χ1v) is 9.34. The third-order valence-electron chi connectivity index (χ3n) is 3.82. The van der Waals surface area contributed by atoms with E-state index in [9.17, 15) is 9.59 Å². The smallest absolute Gasteiger partial charge is 0.329 e. The largest absolute Gasteiger partial charge is 0.493 e. The molecule has 0 aromatic heterocycles. The van der Waals surface area contributed by atoms with E-state index in [0.717, 1.165) is 11.8 Å². The quantitative estimate of drug-likeness (QED) is 0.385. The van der Waals surface area contributed by atoms with Gasteiger partial charge in [0.25, 0.3) is 5.91 Å². The van der Waals surface area contributed by atoms with Crippen LogP contribution in [0.1, 0.15) is 19.4 Å². The van der Waals surface area contributed by atoms with Crippen LogP contribution in [-0.2, 0) is 14.3 Å². The molecule has 1 saturated heterocycles. The van der Waals surface area contributed by atoms with Crippen molar-refractivity contribution in [2.24, 2.45) is 0 Å². The molecule has 9 heteroatoms. The number of esters is 1. The summed E-state index contributed by atoms with van der Waals surface area (Å²) in [5.41, 5.74) is 0.675. The van der Waals surface area contributed by atoms with Gasteiger partial charge in [0.15, 0.2) is 11.5 Å². The van der Waals surface area contributed by atoms with Crippen molar-refractivity contribution < 1.29 is 28.5 Å². The van der Waals surface area contributed by atoms with Gasteiger partial charge in [-0.3, -0.25) is 9.69 Å². The molecule has 27 heavy (non-hydrogen) atoms. The maximum atomic E-state index is 12.8. The van der Waals surface area contributed by atoms with E-state index in [1.165, 1.54) is 26.2 Å². The third kappa shape index (κ3) is 4.36. The summed E-state index contributed by atoms with van der Waals surface area (Å²) in [6.45, 7) is 3.53. The molecule has 1 aromatic carbocycles. The number of amides is 1. The zero-order valence-electron chi connectivity index (χ0n) is 15.7. The lowest BCUT2D eigenvalue weighted by Gasteiger charge is -2.21. The molecule has 1 aromatic rings. The summed E-state index contributed by atoms with van der Waals surface area (Å²) in [5.74, 6) is 0.555. The number of carbonyl (C=O) groups excluding carboxylic acids is 2. The maximum absolute atomic E-state index is 12.8. The average Bonchev–Trinajstić information content (AvgIpc) is 2.93. The normalized spacial score (nSPS) is 16.5. The summed E-state index contributed by atoms with van der Waals surface area (Å²) in [6, 6.07) is 2.66. The van der Waals surface area contributed by atoms with Crippen LogP contribution in [0.3, 0.4) is 0 Å². The van der Waals surface area contributed by atoms with Crippen molar-refractivity contribution in [2.75, 3.05) is 27.9 Å². The summed E-state index contributed by atoms with van der Waals surface area (Å²) in [7, 11) is 4.55. The van der Waals surface area contributed by atoms with Crippen LogP contribution in [0.4, 0.5) is 0 Å². The highest BCUT2D eigenvalue weighted by atomic mass is 32.2. The fraction of sp³-hybridized carbons (Fsp3) is 0.389. The molecule has 1 unspecified atom stereocenters. The Balaban J connectivity index is 2.36. The molecular formula is C18H21NO6S2. The van der Waals surface area contributed by atoms with Gasteiger partial charge in [0.1, 0.15) is 10.4 Å². The fourth-order valence-electron chi connectivity index (χ4n) is 2.52. The first-order chi connectivity index (χ1) is 12.9. The Morgan fingerprint density at radius 2 is 1.81 bits per heavy atom. The topological polar surface area (TPSA) is 74.3 Å². The standard InChI is InChI=1S/C18H21NO6S2/c1-6-25-17(21)10(2)19-16(20)14(27-18(19)26)9-11-7-12(22-3)15(24-5)13(8-11)23-4/h7-10H,6H2,1-5H3/b14-9-. The number of nitrogens with zero attached hydrogens (tertiary/aromatic N) is 1. The van der Waals surface area contributed by atoms with Crippen LogP contribution in [0.25, 0.3) is 6.08 Å². The molecule has 1 amide bonds. The number of methoxy groups -OCH3 is 3. The molecule has 0 bridgehead atoms. The van der Waals surface area contributed by atoms with Gasteiger partial charge in [0.05, 0.1) is 32.8 Å². The molecule has 1 heterocycles. The Morgan fingerprint density at radius 1 is 1.22 bits per heavy atom. The van der Waals surface area contributed by atoms with E-state index in [-0.39, 0.29) is 12.5 Å². The monoisotopic (exact) mass is 411 g/mol. The zero-order chi connectivity index (χ0) is 20.1. The first-order valence-electron chi connectivity index (χ1n) is 8.11. The van der Waals surface area contributed by atoms with E-state index in [2.05, 4.69) is 0 Å². The van der Waals surface area contributed by atoms with Crippen molar-refractivity contribution in [3.63, 3.8) is 0 Å². The molecule has 0 radical (unpaired) electrons. The first kappa shape index (κ1) is 21.0. The molecular weight excluding hydrogens is 390 g/mol. The lowest BCUT2D eigenvalue weighted by Crippen LogP contribution is -2.42. The number of rotatable bonds is 7. The van der Waals surface area contributed by atoms with Crippen LogP contribution in [0.15, 0.2) is 17.0 Å². The minimum Gasteiger partial charge on any atom is -0.493 e. The van der Waals surface area contributed by atoms with Crippen molar-refractivity contribution in [3.8, 4) is 17.2 Å². The number of thiocarbonyl (C=S) groups is 1. The van der Waals surface area contributed by atoms with E-state index in [1.807, 2.05) is 0 Å². The zero-order valence-corrected chi connectivity index (χ0v) is 17.4. The summed E-state index contributed by atoms with van der Waals surface area (Å²) < 4.78 is 21.2. The Hall–Kier alpha value is -2.26. The average molecular weight is 412 g/mol. The van der Waals surface area contributed by atoms with Gasteiger partial charge >= 0.3 is 5.97 Å². The molecule has 1 fully saturated rings. The van der Waals surface area contributed by atoms with Gasteiger partial charge in [-0.25, -0.2) is 4.79 Å². The molecule has 1 aliphatic heterocycles. The van der Waals surface area contributed by atoms with Crippen LogP contribution in [0, 0.1) is 0 Å². The molecule has 0 spiro atoms. The van der Waals surface area contributed by atoms with E-state index >= 15 is 0 Å². The summed E-state index contributed by atoms with van der Waals surface area (Å²) in [5, 5.41) is 0. The van der Waals surface area contributed by atoms with Crippen molar-refractivity contribution in [2.45, 2.75) is 19.9 Å². The van der Waals surface area contributed by atoms with E-state index < -0.39 is 12.0 Å². The predicted octanol–water partition coefficient (Wildman–Crippen LogP) is 2.87. The molecule has 146 valence electrons. The summed E-state index contributed by atoms with van der Waals surface area (Å²) in [6.07, 6.45) is 1.67. The van der Waals surface area contributed by atoms with Gasteiger partial charge in [-0.15, -0.1) is 0 Å². The van der Waals surface area contributed by atoms with Crippen molar-refractivity contribution >= 4 is 46.3 Å². The van der Waals surface area contributed by atoms with Crippen LogP contribution in [0.5, 0.6) is 17.2 Å². The summed E-state index contributed by atoms with van der Waals surface area (Å²) >= 11 is 6.40. The second kappa shape index (κ2) is 9.09. The van der Waals surface area contributed by atoms with Crippen LogP contribution < -0.4 is 14.2 Å². The van der Waals surface area contributed by atoms with Gasteiger partial charge in [-0.2, -0.15) is 0 Å². The Bertz CT molecular complexity index is 767. The van der Waals surface area contributed by atoms with E-state index in [0.29, 0.717) is 32.0 Å². The molecule has 0 N–H and O–H groups in total. The maximum Gasteiger partial charge on any atom is 0.329 e. The molecule has 0 saturated carbocycles. The Morgan fingerprint density at radius 3 is 2.30 bits per heavy atom. The number of thioether (sulfide) groups is 1. The fourth-order valence-corrected chi connectivity index (χ4v) is 3.94. The van der Waals surface area contributed by atoms with Gasteiger partial charge in [0.2, 0.25) is 5.75 Å². The number of ether oxygens (including phenoxy) is 4. The van der Waals surface area contributed by atoms with Crippen LogP contribution in [0.2, 0.25) is 0 Å². The van der Waals surface area contributed by atoms with Gasteiger partial charge in [0, 0.05) is 0 Å². The van der Waals surface area contributed by atoms with Crippen molar-refractivity contribution in [1.29, 1.82) is 0 Å². The number of carbonyl (C=O) groups is 2. The van der Waals surface area contributed by atoms with Gasteiger partial charge in [-0.05, 0) is 37.6 Å². The molecule has 2 rings (SSSR count). The second-order valence-electron chi connectivity index (χ2n) is 5.44. The highest BCUT2D eigenvalue weighted by Crippen LogP contribution is 2.40. The Labute approximate surface area is 167 Å². The predicted molar refractivity (Wildman–Crippen MR) is 107 cm³/mol. The summed E-state index contributed by atoms with van der Waals surface area (Å²) in [4.78, 5) is 26.4. The Kier molecular flexibility index (Phi) is 7.09. The highest BCUT2D eigenvalue weighted by molar-refractivity contribution is 8.26. The van der Waals surface area contributed by atoms with Crippen molar-refractivity contribution in [1.82, 2.24) is 4.90 Å². The number of benzene rings is 1. The second-order valence-corrected chi connectivity index (χ2v) is 7.11. The minimum atomic E-state index is -0.789. The number of hydrogen-bond acceptors (Lipinski definition) is 8. The molecule has 1 aliphatic rings. The van der Waals surface area contributed by atoms with Crippen molar-refractivity contribution in [3.05, 3.63) is 22.6 Å². The SMILES string of the molecule is CCOC(=O)C(C)N1C(=O)/C(=C/c2cc(OC)c(OC)c(OC)c2)SC1=S. The third-order valence-corrected chi connectivity index (χ3v) is 5.15. The highest BCUT2D eigenvalue weighted by Gasteiger charge is 2.38. The molecule has 0 aliphatic carbocycles. The van der Waals surface area contributed by atoms with E-state index in [4.69, 9.17) is 31.2 Å².